The molecule has 1 aliphatic rings. The number of nitrogens with one attached hydrogen (secondary N) is 1. The highest BCUT2D eigenvalue weighted by Crippen LogP contribution is 2.36. The Morgan fingerprint density at radius 3 is 3.00 bits per heavy atom. The van der Waals surface area contributed by atoms with Gasteiger partial charge in [0.25, 0.3) is 0 Å². The number of rotatable bonds is 4. The minimum Gasteiger partial charge on any atom is -0.306 e. The van der Waals surface area contributed by atoms with Crippen LogP contribution in [0.4, 0.5) is 0 Å². The molecule has 0 saturated heterocycles. The van der Waals surface area contributed by atoms with Gasteiger partial charge in [0.1, 0.15) is 0 Å². The van der Waals surface area contributed by atoms with Gasteiger partial charge in [-0.15, -0.1) is 11.3 Å². The Morgan fingerprint density at radius 1 is 1.41 bits per heavy atom. The number of hydrogen-bond acceptors (Lipinski definition) is 2. The maximum Gasteiger partial charge on any atom is 0.0645 e. The molecule has 3 heteroatoms. The zero-order chi connectivity index (χ0) is 12.1. The summed E-state index contributed by atoms with van der Waals surface area (Å²) in [7, 11) is 0. The first-order valence-electron chi connectivity index (χ1n) is 6.48. The number of halogens is 1. The molecule has 0 spiro atoms. The molecular weight excluding hydrogens is 250 g/mol. The predicted molar refractivity (Wildman–Crippen MR) is 76.9 cm³/mol. The Bertz CT molecular complexity index is 383. The van der Waals surface area contributed by atoms with Crippen molar-refractivity contribution in [2.75, 3.05) is 6.54 Å². The third kappa shape index (κ3) is 3.34. The van der Waals surface area contributed by atoms with E-state index in [1.807, 2.05) is 6.07 Å². The number of thiophene rings is 1. The van der Waals surface area contributed by atoms with Crippen molar-refractivity contribution in [2.45, 2.75) is 45.1 Å². The van der Waals surface area contributed by atoms with Crippen molar-refractivity contribution in [2.24, 2.45) is 0 Å². The van der Waals surface area contributed by atoms with Crippen molar-refractivity contribution in [1.82, 2.24) is 5.32 Å². The van der Waals surface area contributed by atoms with Gasteiger partial charge in [-0.3, -0.25) is 0 Å². The average Bonchev–Trinajstić information content (AvgIpc) is 2.60. The normalized spacial score (nSPS) is 18.6. The summed E-state index contributed by atoms with van der Waals surface area (Å²) in [5, 5.41) is 6.57. The molecular formula is C14H20ClNS. The summed E-state index contributed by atoms with van der Waals surface area (Å²) in [4.78, 5) is 1.28. The smallest absolute Gasteiger partial charge is 0.0645 e. The van der Waals surface area contributed by atoms with Gasteiger partial charge in [-0.2, -0.15) is 0 Å². The summed E-state index contributed by atoms with van der Waals surface area (Å²) in [5.41, 5.74) is 1.54. The van der Waals surface area contributed by atoms with Crippen LogP contribution in [0.25, 0.3) is 0 Å². The molecule has 1 atom stereocenters. The van der Waals surface area contributed by atoms with Gasteiger partial charge in [0, 0.05) is 4.88 Å². The average molecular weight is 270 g/mol. The summed E-state index contributed by atoms with van der Waals surface area (Å²) in [5.74, 6) is 0. The third-order valence-electron chi connectivity index (χ3n) is 3.26. The maximum atomic E-state index is 6.27. The molecule has 1 nitrogen and oxygen atoms in total. The Hall–Kier alpha value is -0.310. The Kier molecular flexibility index (Phi) is 5.08. The topological polar surface area (TPSA) is 12.0 Å². The lowest BCUT2D eigenvalue weighted by atomic mass is 10.0. The van der Waals surface area contributed by atoms with E-state index < -0.39 is 0 Å². The van der Waals surface area contributed by atoms with E-state index in [0.29, 0.717) is 6.04 Å². The molecule has 1 N–H and O–H groups in total. The monoisotopic (exact) mass is 269 g/mol. The first kappa shape index (κ1) is 13.1. The van der Waals surface area contributed by atoms with Gasteiger partial charge in [-0.25, -0.2) is 0 Å². The first-order valence-corrected chi connectivity index (χ1v) is 7.74. The Morgan fingerprint density at radius 2 is 2.29 bits per heavy atom. The van der Waals surface area contributed by atoms with Crippen molar-refractivity contribution in [1.29, 1.82) is 0 Å². The highest BCUT2D eigenvalue weighted by Gasteiger charge is 2.20. The Labute approximate surface area is 113 Å². The van der Waals surface area contributed by atoms with Gasteiger partial charge < -0.3 is 5.32 Å². The molecule has 1 aliphatic carbocycles. The van der Waals surface area contributed by atoms with Gasteiger partial charge in [-0.05, 0) is 43.7 Å². The molecule has 0 bridgehead atoms. The lowest BCUT2D eigenvalue weighted by Crippen LogP contribution is -2.22. The van der Waals surface area contributed by atoms with Crippen LogP contribution in [-0.2, 0) is 0 Å². The highest BCUT2D eigenvalue weighted by atomic mass is 35.5. The van der Waals surface area contributed by atoms with Gasteiger partial charge in [0.05, 0.1) is 11.1 Å². The molecule has 1 aromatic heterocycles. The van der Waals surface area contributed by atoms with Crippen molar-refractivity contribution in [3.8, 4) is 0 Å². The fourth-order valence-corrected chi connectivity index (χ4v) is 3.69. The highest BCUT2D eigenvalue weighted by molar-refractivity contribution is 7.10. The van der Waals surface area contributed by atoms with E-state index in [2.05, 4.69) is 23.7 Å². The van der Waals surface area contributed by atoms with Gasteiger partial charge in [0.2, 0.25) is 0 Å². The molecule has 0 aromatic carbocycles. The molecule has 0 saturated carbocycles. The molecule has 1 unspecified atom stereocenters. The zero-order valence-corrected chi connectivity index (χ0v) is 11.9. The summed E-state index contributed by atoms with van der Waals surface area (Å²) >= 11 is 8.04. The summed E-state index contributed by atoms with van der Waals surface area (Å²) < 4.78 is 0. The van der Waals surface area contributed by atoms with Crippen molar-refractivity contribution < 1.29 is 0 Å². The van der Waals surface area contributed by atoms with E-state index in [0.717, 1.165) is 11.6 Å². The molecule has 0 radical (unpaired) electrons. The first-order chi connectivity index (χ1) is 8.33. The predicted octanol–water partition coefficient (Wildman–Crippen LogP) is 4.94. The molecule has 1 aromatic rings. The van der Waals surface area contributed by atoms with Crippen molar-refractivity contribution >= 4 is 22.9 Å². The second-order valence-electron chi connectivity index (χ2n) is 4.50. The molecule has 0 aliphatic heterocycles. The standard InChI is InChI=1S/C14H20ClNS/c1-2-16-13(14-12(15)9-10-17-14)11-7-5-3-4-6-8-11/h7,9-10,13,16H,2-6,8H2,1H3. The summed E-state index contributed by atoms with van der Waals surface area (Å²) in [6, 6.07) is 2.34. The van der Waals surface area contributed by atoms with Gasteiger partial charge in [-0.1, -0.05) is 36.6 Å². The van der Waals surface area contributed by atoms with Crippen LogP contribution in [0.1, 0.15) is 49.9 Å². The van der Waals surface area contributed by atoms with E-state index in [1.165, 1.54) is 42.6 Å². The van der Waals surface area contributed by atoms with Crippen LogP contribution >= 0.6 is 22.9 Å². The largest absolute Gasteiger partial charge is 0.306 e. The van der Waals surface area contributed by atoms with E-state index in [1.54, 1.807) is 11.3 Å². The van der Waals surface area contributed by atoms with E-state index >= 15 is 0 Å². The van der Waals surface area contributed by atoms with Gasteiger partial charge in [0.15, 0.2) is 0 Å². The van der Waals surface area contributed by atoms with Crippen LogP contribution in [0, 0.1) is 0 Å². The minimum absolute atomic E-state index is 0.339. The molecule has 0 amide bonds. The van der Waals surface area contributed by atoms with Crippen molar-refractivity contribution in [3.05, 3.63) is 33.0 Å². The number of hydrogen-bond donors (Lipinski definition) is 1. The fraction of sp³-hybridized carbons (Fsp3) is 0.571. The van der Waals surface area contributed by atoms with Crippen LogP contribution in [0.2, 0.25) is 5.02 Å². The lowest BCUT2D eigenvalue weighted by molar-refractivity contribution is 0.597. The third-order valence-corrected chi connectivity index (χ3v) is 4.69. The SMILES string of the molecule is CCNC(C1=CCCCCC1)c1sccc1Cl. The second-order valence-corrected chi connectivity index (χ2v) is 5.86. The molecule has 0 fully saturated rings. The molecule has 17 heavy (non-hydrogen) atoms. The van der Waals surface area contributed by atoms with E-state index in [9.17, 15) is 0 Å². The minimum atomic E-state index is 0.339. The number of allylic oxidation sites excluding steroid dienone is 1. The lowest BCUT2D eigenvalue weighted by Gasteiger charge is -2.20. The van der Waals surface area contributed by atoms with Crippen LogP contribution in [0.3, 0.4) is 0 Å². The van der Waals surface area contributed by atoms with Crippen LogP contribution in [-0.4, -0.2) is 6.54 Å². The fourth-order valence-electron chi connectivity index (χ4n) is 2.41. The van der Waals surface area contributed by atoms with Crippen LogP contribution in [0.15, 0.2) is 23.1 Å². The van der Waals surface area contributed by atoms with Gasteiger partial charge >= 0.3 is 0 Å². The van der Waals surface area contributed by atoms with Crippen LogP contribution in [0.5, 0.6) is 0 Å². The molecule has 2 rings (SSSR count). The van der Waals surface area contributed by atoms with Crippen LogP contribution < -0.4 is 5.32 Å². The maximum absolute atomic E-state index is 6.27. The zero-order valence-electron chi connectivity index (χ0n) is 10.3. The number of likely N-dealkylation sites (N-methyl/N-ethyl adjacent to an activating group) is 1. The molecule has 1 heterocycles. The second kappa shape index (κ2) is 6.58. The van der Waals surface area contributed by atoms with Crippen molar-refractivity contribution in [3.63, 3.8) is 0 Å². The van der Waals surface area contributed by atoms with E-state index in [-0.39, 0.29) is 0 Å². The quantitative estimate of drug-likeness (QED) is 0.763. The summed E-state index contributed by atoms with van der Waals surface area (Å²) in [6.07, 6.45) is 8.87. The summed E-state index contributed by atoms with van der Waals surface area (Å²) in [6.45, 7) is 3.14. The molecule has 94 valence electrons. The Balaban J connectivity index is 2.22. The van der Waals surface area contributed by atoms with E-state index in [4.69, 9.17) is 11.6 Å².